The minimum absolute atomic E-state index is 0.0673. The summed E-state index contributed by atoms with van der Waals surface area (Å²) in [5.41, 5.74) is 2.04. The second-order valence-corrected chi connectivity index (χ2v) is 10.7. The molecule has 0 aliphatic carbocycles. The van der Waals surface area contributed by atoms with E-state index < -0.39 is 27.0 Å². The van der Waals surface area contributed by atoms with E-state index in [0.717, 1.165) is 11.1 Å². The van der Waals surface area contributed by atoms with Crippen molar-refractivity contribution in [2.75, 3.05) is 26.2 Å². The van der Waals surface area contributed by atoms with Crippen molar-refractivity contribution in [3.8, 4) is 0 Å². The Bertz CT molecular complexity index is 1340. The molecular weight excluding hydrogens is 482 g/mol. The van der Waals surface area contributed by atoms with E-state index >= 15 is 0 Å². The number of hydrogen-bond donors (Lipinski definition) is 1. The molecule has 1 N–H and O–H groups in total. The standard InChI is InChI=1S/C26H27N3O6S/c1-18-5-9-20(10-6-18)23(30)27-24(36(33,34)21-11-7-19(2)8-12-21)26(32)29-15-13-28(14-16-29)25(31)22-4-3-17-35-22/h3-12,17,24H,13-16H2,1-2H3,(H,27,30)/t24-/m1/s1. The van der Waals surface area contributed by atoms with Crippen molar-refractivity contribution in [3.63, 3.8) is 0 Å². The molecule has 2 heterocycles. The number of piperazine rings is 1. The lowest BCUT2D eigenvalue weighted by Crippen LogP contribution is -2.57. The highest BCUT2D eigenvalue weighted by molar-refractivity contribution is 7.92. The summed E-state index contributed by atoms with van der Waals surface area (Å²) >= 11 is 0. The van der Waals surface area contributed by atoms with Crippen LogP contribution in [0.1, 0.15) is 32.0 Å². The zero-order chi connectivity index (χ0) is 25.9. The van der Waals surface area contributed by atoms with Crippen LogP contribution in [0.15, 0.2) is 76.2 Å². The quantitative estimate of drug-likeness (QED) is 0.546. The predicted molar refractivity (Wildman–Crippen MR) is 132 cm³/mol. The molecule has 1 aromatic heterocycles. The van der Waals surface area contributed by atoms with E-state index in [1.165, 1.54) is 28.2 Å². The van der Waals surface area contributed by atoms with Gasteiger partial charge in [-0.2, -0.15) is 0 Å². The molecule has 188 valence electrons. The molecule has 1 fully saturated rings. The van der Waals surface area contributed by atoms with E-state index in [4.69, 9.17) is 4.42 Å². The number of aryl methyl sites for hydroxylation is 2. The topological polar surface area (TPSA) is 117 Å². The lowest BCUT2D eigenvalue weighted by Gasteiger charge is -2.36. The van der Waals surface area contributed by atoms with Crippen LogP contribution in [0.25, 0.3) is 0 Å². The van der Waals surface area contributed by atoms with Gasteiger partial charge in [0.2, 0.25) is 15.2 Å². The van der Waals surface area contributed by atoms with Crippen LogP contribution in [-0.2, 0) is 14.6 Å². The normalized spacial score (nSPS) is 14.8. The average molecular weight is 510 g/mol. The van der Waals surface area contributed by atoms with Gasteiger partial charge in [0, 0.05) is 31.7 Å². The number of furan rings is 1. The smallest absolute Gasteiger partial charge is 0.289 e. The highest BCUT2D eigenvalue weighted by Gasteiger charge is 2.39. The Morgan fingerprint density at radius 1 is 0.833 bits per heavy atom. The van der Waals surface area contributed by atoms with Crippen LogP contribution in [0.2, 0.25) is 0 Å². The van der Waals surface area contributed by atoms with E-state index in [2.05, 4.69) is 5.32 Å². The summed E-state index contributed by atoms with van der Waals surface area (Å²) in [6, 6.07) is 15.9. The van der Waals surface area contributed by atoms with Gasteiger partial charge in [-0.25, -0.2) is 8.42 Å². The number of nitrogens with one attached hydrogen (secondary N) is 1. The van der Waals surface area contributed by atoms with Gasteiger partial charge in [0.25, 0.3) is 17.7 Å². The number of nitrogens with zero attached hydrogens (tertiary/aromatic N) is 2. The first kappa shape index (κ1) is 25.2. The molecule has 0 bridgehead atoms. The van der Waals surface area contributed by atoms with Crippen molar-refractivity contribution in [2.45, 2.75) is 24.1 Å². The molecule has 1 aliphatic heterocycles. The third-order valence-corrected chi connectivity index (χ3v) is 7.94. The van der Waals surface area contributed by atoms with E-state index in [9.17, 15) is 22.8 Å². The maximum absolute atomic E-state index is 13.5. The van der Waals surface area contributed by atoms with Gasteiger partial charge in [-0.3, -0.25) is 14.4 Å². The lowest BCUT2D eigenvalue weighted by atomic mass is 10.1. The summed E-state index contributed by atoms with van der Waals surface area (Å²) in [5.74, 6) is -1.53. The Morgan fingerprint density at radius 3 is 1.94 bits per heavy atom. The Kier molecular flexibility index (Phi) is 7.25. The fourth-order valence-corrected chi connectivity index (χ4v) is 5.36. The number of benzene rings is 2. The second-order valence-electron chi connectivity index (χ2n) is 8.67. The van der Waals surface area contributed by atoms with Crippen molar-refractivity contribution < 1.29 is 27.2 Å². The van der Waals surface area contributed by atoms with Gasteiger partial charge in [-0.15, -0.1) is 0 Å². The Balaban J connectivity index is 1.56. The molecule has 0 spiro atoms. The van der Waals surface area contributed by atoms with Gasteiger partial charge in [0.1, 0.15) is 0 Å². The number of sulfone groups is 1. The molecule has 0 radical (unpaired) electrons. The summed E-state index contributed by atoms with van der Waals surface area (Å²) in [5, 5.41) is 0.628. The number of carbonyl (C=O) groups excluding carboxylic acids is 3. The first-order chi connectivity index (χ1) is 17.2. The molecule has 10 heteroatoms. The molecule has 0 saturated carbocycles. The zero-order valence-corrected chi connectivity index (χ0v) is 20.8. The Hall–Kier alpha value is -3.92. The van der Waals surface area contributed by atoms with Crippen molar-refractivity contribution >= 4 is 27.6 Å². The Morgan fingerprint density at radius 2 is 1.39 bits per heavy atom. The minimum atomic E-state index is -4.26. The first-order valence-corrected chi connectivity index (χ1v) is 13.0. The van der Waals surface area contributed by atoms with Gasteiger partial charge >= 0.3 is 0 Å². The molecule has 1 atom stereocenters. The predicted octanol–water partition coefficient (Wildman–Crippen LogP) is 2.41. The monoisotopic (exact) mass is 509 g/mol. The van der Waals surface area contributed by atoms with Crippen molar-refractivity contribution in [3.05, 3.63) is 89.4 Å². The van der Waals surface area contributed by atoms with Gasteiger partial charge in [0.15, 0.2) is 5.76 Å². The highest BCUT2D eigenvalue weighted by Crippen LogP contribution is 2.19. The van der Waals surface area contributed by atoms with E-state index in [1.54, 1.807) is 48.5 Å². The molecule has 1 saturated heterocycles. The zero-order valence-electron chi connectivity index (χ0n) is 20.0. The summed E-state index contributed by atoms with van der Waals surface area (Å²) in [6.45, 7) is 4.33. The summed E-state index contributed by atoms with van der Waals surface area (Å²) in [6.07, 6.45) is 1.41. The number of hydrogen-bond acceptors (Lipinski definition) is 6. The summed E-state index contributed by atoms with van der Waals surface area (Å²) < 4.78 is 32.2. The fourth-order valence-electron chi connectivity index (χ4n) is 3.90. The molecule has 1 aliphatic rings. The summed E-state index contributed by atoms with van der Waals surface area (Å²) in [7, 11) is -4.26. The first-order valence-electron chi connectivity index (χ1n) is 11.5. The van der Waals surface area contributed by atoms with Crippen LogP contribution in [0.3, 0.4) is 0 Å². The Labute approximate surface area is 209 Å². The van der Waals surface area contributed by atoms with E-state index in [0.29, 0.717) is 0 Å². The minimum Gasteiger partial charge on any atom is -0.459 e. The SMILES string of the molecule is Cc1ccc(C(=O)N[C@@H](C(=O)N2CCN(C(=O)c3ccco3)CC2)S(=O)(=O)c2ccc(C)cc2)cc1. The molecule has 3 amide bonds. The summed E-state index contributed by atoms with van der Waals surface area (Å²) in [4.78, 5) is 41.8. The molecule has 0 unspecified atom stereocenters. The molecule has 2 aromatic carbocycles. The largest absolute Gasteiger partial charge is 0.459 e. The van der Waals surface area contributed by atoms with Crippen molar-refractivity contribution in [1.82, 2.24) is 15.1 Å². The molecule has 3 aromatic rings. The maximum atomic E-state index is 13.5. The van der Waals surface area contributed by atoms with E-state index in [-0.39, 0.29) is 48.3 Å². The fraction of sp³-hybridized carbons (Fsp3) is 0.269. The van der Waals surface area contributed by atoms with Crippen molar-refractivity contribution in [2.24, 2.45) is 0 Å². The van der Waals surface area contributed by atoms with Crippen LogP contribution in [0.5, 0.6) is 0 Å². The third-order valence-electron chi connectivity index (χ3n) is 6.07. The lowest BCUT2D eigenvalue weighted by molar-refractivity contribution is -0.132. The van der Waals surface area contributed by atoms with Crippen LogP contribution in [0, 0.1) is 13.8 Å². The van der Waals surface area contributed by atoms with Gasteiger partial charge in [0.05, 0.1) is 11.2 Å². The molecular formula is C26H27N3O6S. The highest BCUT2D eigenvalue weighted by atomic mass is 32.2. The van der Waals surface area contributed by atoms with Crippen molar-refractivity contribution in [1.29, 1.82) is 0 Å². The van der Waals surface area contributed by atoms with Crippen LogP contribution >= 0.6 is 0 Å². The number of carbonyl (C=O) groups is 3. The van der Waals surface area contributed by atoms with Gasteiger partial charge in [-0.1, -0.05) is 35.4 Å². The van der Waals surface area contributed by atoms with Crippen LogP contribution in [0.4, 0.5) is 0 Å². The number of rotatable bonds is 6. The maximum Gasteiger partial charge on any atom is 0.289 e. The third kappa shape index (κ3) is 5.33. The van der Waals surface area contributed by atoms with Crippen LogP contribution in [-0.4, -0.2) is 67.5 Å². The van der Waals surface area contributed by atoms with E-state index in [1.807, 2.05) is 13.8 Å². The molecule has 36 heavy (non-hydrogen) atoms. The van der Waals surface area contributed by atoms with Crippen LogP contribution < -0.4 is 5.32 Å². The van der Waals surface area contributed by atoms with Gasteiger partial charge in [-0.05, 0) is 50.2 Å². The molecule has 9 nitrogen and oxygen atoms in total. The van der Waals surface area contributed by atoms with Gasteiger partial charge < -0.3 is 19.5 Å². The average Bonchev–Trinajstić information content (AvgIpc) is 3.42. The molecule has 4 rings (SSSR count). The second kappa shape index (κ2) is 10.4. The number of amides is 3.